The first kappa shape index (κ1) is 25.8. The fourth-order valence-corrected chi connectivity index (χ4v) is 3.55. The first-order valence-electron chi connectivity index (χ1n) is 10.7. The molecule has 174 valence electrons. The van der Waals surface area contributed by atoms with E-state index in [1.807, 2.05) is 48.2 Å². The molecule has 0 radical (unpaired) electrons. The second-order valence-corrected chi connectivity index (χ2v) is 7.58. The van der Waals surface area contributed by atoms with E-state index < -0.39 is 0 Å². The van der Waals surface area contributed by atoms with Crippen LogP contribution in [0.1, 0.15) is 30.9 Å². The van der Waals surface area contributed by atoms with Crippen molar-refractivity contribution in [2.45, 2.75) is 39.0 Å². The molecule has 8 heteroatoms. The minimum absolute atomic E-state index is 0. The lowest BCUT2D eigenvalue weighted by molar-refractivity contribution is -0.131. The Morgan fingerprint density at radius 1 is 1.06 bits per heavy atom. The third kappa shape index (κ3) is 7.29. The number of fused-ring (bicyclic) bond motifs is 1. The highest BCUT2D eigenvalue weighted by Crippen LogP contribution is 2.26. The van der Waals surface area contributed by atoms with Gasteiger partial charge < -0.3 is 25.0 Å². The highest BCUT2D eigenvalue weighted by molar-refractivity contribution is 14.0. The number of guanidine groups is 1. The Kier molecular flexibility index (Phi) is 10.6. The molecule has 0 aliphatic carbocycles. The van der Waals surface area contributed by atoms with Crippen molar-refractivity contribution in [2.75, 3.05) is 27.2 Å². The van der Waals surface area contributed by atoms with E-state index in [1.54, 1.807) is 14.2 Å². The summed E-state index contributed by atoms with van der Waals surface area (Å²) >= 11 is 0. The zero-order valence-electron chi connectivity index (χ0n) is 19.0. The number of hydrogen-bond acceptors (Lipinski definition) is 4. The summed E-state index contributed by atoms with van der Waals surface area (Å²) in [5, 5.41) is 6.52. The summed E-state index contributed by atoms with van der Waals surface area (Å²) in [6.07, 6.45) is 1.19. The third-order valence-corrected chi connectivity index (χ3v) is 5.23. The number of carbonyl (C=O) groups is 1. The van der Waals surface area contributed by atoms with Gasteiger partial charge in [-0.25, -0.2) is 0 Å². The van der Waals surface area contributed by atoms with Gasteiger partial charge in [-0.15, -0.1) is 24.0 Å². The number of rotatable bonds is 9. The first-order valence-corrected chi connectivity index (χ1v) is 10.7. The molecule has 32 heavy (non-hydrogen) atoms. The number of nitrogens with one attached hydrogen (secondary N) is 2. The second-order valence-electron chi connectivity index (χ2n) is 7.58. The predicted molar refractivity (Wildman–Crippen MR) is 138 cm³/mol. The number of para-hydroxylation sites is 2. The molecule has 2 aromatic carbocycles. The van der Waals surface area contributed by atoms with Crippen molar-refractivity contribution >= 4 is 35.8 Å². The summed E-state index contributed by atoms with van der Waals surface area (Å²) in [6, 6.07) is 15.8. The topological polar surface area (TPSA) is 75.2 Å². The number of halogens is 1. The lowest BCUT2D eigenvalue weighted by Crippen LogP contribution is -2.42. The number of methoxy groups -OCH3 is 1. The van der Waals surface area contributed by atoms with Gasteiger partial charge in [0, 0.05) is 33.1 Å². The SMILES string of the molecule is CN=C(NCCCC(=O)N1Cc2ccccc2C1)NCC(C)Oc1ccccc1OC.I. The van der Waals surface area contributed by atoms with E-state index >= 15 is 0 Å². The summed E-state index contributed by atoms with van der Waals surface area (Å²) in [7, 11) is 3.36. The maximum Gasteiger partial charge on any atom is 0.223 e. The van der Waals surface area contributed by atoms with Crippen LogP contribution in [0.25, 0.3) is 0 Å². The van der Waals surface area contributed by atoms with Gasteiger partial charge in [0.2, 0.25) is 5.91 Å². The number of aliphatic imine (C=N–C) groups is 1. The van der Waals surface area contributed by atoms with Crippen LogP contribution in [0, 0.1) is 0 Å². The Balaban J connectivity index is 0.00000363. The van der Waals surface area contributed by atoms with E-state index in [4.69, 9.17) is 9.47 Å². The van der Waals surface area contributed by atoms with Crippen molar-refractivity contribution in [3.63, 3.8) is 0 Å². The molecular weight excluding hydrogens is 519 g/mol. The van der Waals surface area contributed by atoms with Crippen molar-refractivity contribution in [2.24, 2.45) is 4.99 Å². The number of ether oxygens (including phenoxy) is 2. The molecular formula is C24H33IN4O3. The number of benzene rings is 2. The summed E-state index contributed by atoms with van der Waals surface area (Å²) in [6.45, 7) is 4.68. The quantitative estimate of drug-likeness (QED) is 0.216. The van der Waals surface area contributed by atoms with Crippen LogP contribution in [0.2, 0.25) is 0 Å². The molecule has 2 N–H and O–H groups in total. The summed E-state index contributed by atoms with van der Waals surface area (Å²) in [5.74, 6) is 2.31. The molecule has 1 aliphatic heterocycles. The summed E-state index contributed by atoms with van der Waals surface area (Å²) in [4.78, 5) is 18.7. The van der Waals surface area contributed by atoms with Gasteiger partial charge >= 0.3 is 0 Å². The highest BCUT2D eigenvalue weighted by Gasteiger charge is 2.22. The Labute approximate surface area is 207 Å². The Hall–Kier alpha value is -2.49. The van der Waals surface area contributed by atoms with Crippen LogP contribution in [-0.2, 0) is 17.9 Å². The van der Waals surface area contributed by atoms with E-state index in [9.17, 15) is 4.79 Å². The lowest BCUT2D eigenvalue weighted by Gasteiger charge is -2.19. The number of hydrogen-bond donors (Lipinski definition) is 2. The monoisotopic (exact) mass is 552 g/mol. The fraction of sp³-hybridized carbons (Fsp3) is 0.417. The third-order valence-electron chi connectivity index (χ3n) is 5.23. The van der Waals surface area contributed by atoms with Crippen LogP contribution < -0.4 is 20.1 Å². The average Bonchev–Trinajstić information content (AvgIpc) is 3.23. The molecule has 0 fully saturated rings. The molecule has 1 amide bonds. The van der Waals surface area contributed by atoms with Crippen molar-refractivity contribution in [3.05, 3.63) is 59.7 Å². The van der Waals surface area contributed by atoms with Crippen molar-refractivity contribution in [1.29, 1.82) is 0 Å². The minimum Gasteiger partial charge on any atom is -0.493 e. The van der Waals surface area contributed by atoms with Crippen molar-refractivity contribution < 1.29 is 14.3 Å². The molecule has 3 rings (SSSR count). The van der Waals surface area contributed by atoms with Gasteiger partial charge in [-0.3, -0.25) is 9.79 Å². The van der Waals surface area contributed by atoms with Crippen molar-refractivity contribution in [3.8, 4) is 11.5 Å². The molecule has 0 bridgehead atoms. The molecule has 0 saturated carbocycles. The molecule has 1 unspecified atom stereocenters. The smallest absolute Gasteiger partial charge is 0.223 e. The van der Waals surface area contributed by atoms with Crippen LogP contribution in [0.15, 0.2) is 53.5 Å². The molecule has 0 saturated heterocycles. The van der Waals surface area contributed by atoms with E-state index in [0.29, 0.717) is 37.0 Å². The number of carbonyl (C=O) groups excluding carboxylic acids is 1. The Morgan fingerprint density at radius 2 is 1.69 bits per heavy atom. The lowest BCUT2D eigenvalue weighted by atomic mass is 10.1. The molecule has 1 heterocycles. The maximum atomic E-state index is 12.5. The van der Waals surface area contributed by atoms with Crippen LogP contribution >= 0.6 is 24.0 Å². The standard InChI is InChI=1S/C24H32N4O3.HI/c1-18(31-22-12-7-6-11-21(22)30-3)15-27-24(25-2)26-14-8-13-23(29)28-16-19-9-4-5-10-20(19)17-28;/h4-7,9-12,18H,8,13-17H2,1-3H3,(H2,25,26,27);1H. The second kappa shape index (κ2) is 13.1. The van der Waals surface area contributed by atoms with E-state index in [2.05, 4.69) is 27.8 Å². The van der Waals surface area contributed by atoms with Crippen LogP contribution in [0.3, 0.4) is 0 Å². The maximum absolute atomic E-state index is 12.5. The molecule has 0 spiro atoms. The van der Waals surface area contributed by atoms with E-state index in [0.717, 1.165) is 19.5 Å². The Morgan fingerprint density at radius 3 is 2.31 bits per heavy atom. The van der Waals surface area contributed by atoms with Crippen LogP contribution in [0.4, 0.5) is 0 Å². The average molecular weight is 552 g/mol. The molecule has 2 aromatic rings. The fourth-order valence-electron chi connectivity index (χ4n) is 3.55. The van der Waals surface area contributed by atoms with Gasteiger partial charge in [0.1, 0.15) is 6.10 Å². The normalized spacial score (nSPS) is 13.6. The van der Waals surface area contributed by atoms with Crippen molar-refractivity contribution in [1.82, 2.24) is 15.5 Å². The predicted octanol–water partition coefficient (Wildman–Crippen LogP) is 3.57. The van der Waals surface area contributed by atoms with Gasteiger partial charge in [-0.1, -0.05) is 36.4 Å². The van der Waals surface area contributed by atoms with E-state index in [1.165, 1.54) is 11.1 Å². The minimum atomic E-state index is -0.0757. The largest absolute Gasteiger partial charge is 0.493 e. The molecule has 7 nitrogen and oxygen atoms in total. The van der Waals surface area contributed by atoms with Gasteiger partial charge in [-0.2, -0.15) is 0 Å². The summed E-state index contributed by atoms with van der Waals surface area (Å²) < 4.78 is 11.3. The van der Waals surface area contributed by atoms with Gasteiger partial charge in [0.05, 0.1) is 13.7 Å². The van der Waals surface area contributed by atoms with Gasteiger partial charge in [0.15, 0.2) is 17.5 Å². The summed E-state index contributed by atoms with van der Waals surface area (Å²) in [5.41, 5.74) is 2.51. The van der Waals surface area contributed by atoms with E-state index in [-0.39, 0.29) is 36.0 Å². The first-order chi connectivity index (χ1) is 15.1. The molecule has 0 aromatic heterocycles. The number of nitrogens with zero attached hydrogens (tertiary/aromatic N) is 2. The van der Waals surface area contributed by atoms with Gasteiger partial charge in [0.25, 0.3) is 0 Å². The number of amides is 1. The zero-order valence-corrected chi connectivity index (χ0v) is 21.3. The van der Waals surface area contributed by atoms with Crippen LogP contribution in [0.5, 0.6) is 11.5 Å². The molecule has 1 atom stereocenters. The molecule has 1 aliphatic rings. The van der Waals surface area contributed by atoms with Gasteiger partial charge in [-0.05, 0) is 36.6 Å². The Bertz CT molecular complexity index is 881. The highest BCUT2D eigenvalue weighted by atomic mass is 127. The van der Waals surface area contributed by atoms with Crippen LogP contribution in [-0.4, -0.2) is 50.1 Å². The zero-order chi connectivity index (χ0) is 22.1.